The summed E-state index contributed by atoms with van der Waals surface area (Å²) in [5, 5.41) is 2.97. The van der Waals surface area contributed by atoms with Gasteiger partial charge >= 0.3 is 0 Å². The van der Waals surface area contributed by atoms with E-state index < -0.39 is 10.8 Å². The second-order valence-electron chi connectivity index (χ2n) is 3.20. The average molecular weight is 269 g/mol. The molecule has 2 rings (SSSR count). The number of carbonyl (C=O) groups is 1. The SMILES string of the molecule is O=C(Cl)c1nn(-c2ccccc2)c(=O)cc1Cl. The summed E-state index contributed by atoms with van der Waals surface area (Å²) in [4.78, 5) is 22.7. The molecule has 1 aromatic heterocycles. The van der Waals surface area contributed by atoms with Gasteiger partial charge in [-0.15, -0.1) is 0 Å². The smallest absolute Gasteiger partial charge is 0.274 e. The van der Waals surface area contributed by atoms with Crippen molar-refractivity contribution in [3.63, 3.8) is 0 Å². The molecule has 0 spiro atoms. The highest BCUT2D eigenvalue weighted by Gasteiger charge is 2.13. The Morgan fingerprint density at radius 2 is 1.88 bits per heavy atom. The van der Waals surface area contributed by atoms with Crippen LogP contribution in [0.3, 0.4) is 0 Å². The van der Waals surface area contributed by atoms with Crippen LogP contribution in [0, 0.1) is 0 Å². The van der Waals surface area contributed by atoms with Crippen molar-refractivity contribution in [3.8, 4) is 5.69 Å². The summed E-state index contributed by atoms with van der Waals surface area (Å²) in [7, 11) is 0. The molecule has 0 saturated heterocycles. The fourth-order valence-corrected chi connectivity index (χ4v) is 1.73. The third kappa shape index (κ3) is 2.38. The lowest BCUT2D eigenvalue weighted by Crippen LogP contribution is -2.22. The molecular formula is C11H6Cl2N2O2. The van der Waals surface area contributed by atoms with Gasteiger partial charge in [-0.05, 0) is 23.7 Å². The van der Waals surface area contributed by atoms with Gasteiger partial charge in [0.15, 0.2) is 5.69 Å². The van der Waals surface area contributed by atoms with Crippen LogP contribution in [-0.4, -0.2) is 15.0 Å². The van der Waals surface area contributed by atoms with Gasteiger partial charge in [-0.3, -0.25) is 9.59 Å². The first-order valence-electron chi connectivity index (χ1n) is 4.65. The highest BCUT2D eigenvalue weighted by Crippen LogP contribution is 2.13. The van der Waals surface area contributed by atoms with E-state index in [1.807, 2.05) is 0 Å². The van der Waals surface area contributed by atoms with E-state index in [2.05, 4.69) is 5.10 Å². The number of hydrogen-bond acceptors (Lipinski definition) is 3. The monoisotopic (exact) mass is 268 g/mol. The third-order valence-electron chi connectivity index (χ3n) is 2.07. The minimum absolute atomic E-state index is 0.0535. The van der Waals surface area contributed by atoms with Crippen LogP contribution in [0.1, 0.15) is 10.5 Å². The van der Waals surface area contributed by atoms with Gasteiger partial charge in [-0.1, -0.05) is 29.8 Å². The number of rotatable bonds is 2. The zero-order chi connectivity index (χ0) is 12.4. The van der Waals surface area contributed by atoms with E-state index in [4.69, 9.17) is 23.2 Å². The highest BCUT2D eigenvalue weighted by atomic mass is 35.5. The molecule has 0 aliphatic heterocycles. The third-order valence-corrected chi connectivity index (χ3v) is 2.54. The minimum Gasteiger partial charge on any atom is -0.274 e. The number of carbonyl (C=O) groups excluding carboxylic acids is 1. The molecule has 1 aromatic carbocycles. The van der Waals surface area contributed by atoms with Crippen LogP contribution in [0.15, 0.2) is 41.2 Å². The number of aromatic nitrogens is 2. The summed E-state index contributed by atoms with van der Waals surface area (Å²) >= 11 is 11.0. The average Bonchev–Trinajstić information content (AvgIpc) is 2.29. The maximum atomic E-state index is 11.7. The Balaban J connectivity index is 2.67. The van der Waals surface area contributed by atoms with Crippen molar-refractivity contribution in [2.24, 2.45) is 0 Å². The molecule has 86 valence electrons. The van der Waals surface area contributed by atoms with Gasteiger partial charge in [0.05, 0.1) is 10.7 Å². The van der Waals surface area contributed by atoms with Crippen LogP contribution >= 0.6 is 23.2 Å². The second-order valence-corrected chi connectivity index (χ2v) is 3.95. The Kier molecular flexibility index (Phi) is 3.26. The molecule has 1 heterocycles. The van der Waals surface area contributed by atoms with E-state index in [1.165, 1.54) is 0 Å². The molecule has 0 N–H and O–H groups in total. The van der Waals surface area contributed by atoms with E-state index >= 15 is 0 Å². The minimum atomic E-state index is -0.806. The Morgan fingerprint density at radius 1 is 1.24 bits per heavy atom. The topological polar surface area (TPSA) is 52.0 Å². The zero-order valence-corrected chi connectivity index (χ0v) is 9.94. The van der Waals surface area contributed by atoms with E-state index in [1.54, 1.807) is 30.3 Å². The van der Waals surface area contributed by atoms with Crippen LogP contribution in [-0.2, 0) is 0 Å². The zero-order valence-electron chi connectivity index (χ0n) is 8.43. The van der Waals surface area contributed by atoms with Crippen molar-refractivity contribution in [1.82, 2.24) is 9.78 Å². The quantitative estimate of drug-likeness (QED) is 0.786. The molecular weight excluding hydrogens is 263 g/mol. The van der Waals surface area contributed by atoms with Crippen LogP contribution in [0.4, 0.5) is 0 Å². The van der Waals surface area contributed by atoms with Crippen molar-refractivity contribution in [3.05, 3.63) is 57.5 Å². The first-order chi connectivity index (χ1) is 8.09. The number of benzene rings is 1. The molecule has 0 atom stereocenters. The van der Waals surface area contributed by atoms with Crippen molar-refractivity contribution in [2.75, 3.05) is 0 Å². The number of nitrogens with zero attached hydrogens (tertiary/aromatic N) is 2. The molecule has 2 aromatic rings. The lowest BCUT2D eigenvalue weighted by Gasteiger charge is -2.05. The molecule has 0 aliphatic carbocycles. The summed E-state index contributed by atoms with van der Waals surface area (Å²) in [6, 6.07) is 9.78. The summed E-state index contributed by atoms with van der Waals surface area (Å²) in [6.07, 6.45) is 0. The van der Waals surface area contributed by atoms with E-state index in [-0.39, 0.29) is 10.7 Å². The van der Waals surface area contributed by atoms with Gasteiger partial charge in [-0.2, -0.15) is 9.78 Å². The van der Waals surface area contributed by atoms with Gasteiger partial charge in [0.25, 0.3) is 10.8 Å². The lowest BCUT2D eigenvalue weighted by atomic mass is 10.3. The van der Waals surface area contributed by atoms with Gasteiger partial charge in [0.1, 0.15) is 0 Å². The molecule has 0 saturated carbocycles. The molecule has 17 heavy (non-hydrogen) atoms. The van der Waals surface area contributed by atoms with Gasteiger partial charge in [0.2, 0.25) is 0 Å². The molecule has 0 amide bonds. The molecule has 4 nitrogen and oxygen atoms in total. The first-order valence-corrected chi connectivity index (χ1v) is 5.40. The Hall–Kier alpha value is -1.65. The maximum Gasteiger partial charge on any atom is 0.274 e. The maximum absolute atomic E-state index is 11.7. The van der Waals surface area contributed by atoms with Crippen LogP contribution in [0.5, 0.6) is 0 Å². The summed E-state index contributed by atoms with van der Waals surface area (Å²) in [6.45, 7) is 0. The van der Waals surface area contributed by atoms with Crippen molar-refractivity contribution < 1.29 is 4.79 Å². The number of hydrogen-bond donors (Lipinski definition) is 0. The molecule has 0 aliphatic rings. The lowest BCUT2D eigenvalue weighted by molar-refractivity contribution is 0.107. The highest BCUT2D eigenvalue weighted by molar-refractivity contribution is 6.68. The molecule has 0 unspecified atom stereocenters. The molecule has 0 radical (unpaired) electrons. The fraction of sp³-hybridized carbons (Fsp3) is 0. The van der Waals surface area contributed by atoms with Gasteiger partial charge in [-0.25, -0.2) is 0 Å². The van der Waals surface area contributed by atoms with Crippen molar-refractivity contribution in [1.29, 1.82) is 0 Å². The van der Waals surface area contributed by atoms with E-state index in [0.29, 0.717) is 5.69 Å². The Morgan fingerprint density at radius 3 is 2.47 bits per heavy atom. The fourth-order valence-electron chi connectivity index (χ4n) is 1.32. The van der Waals surface area contributed by atoms with E-state index in [9.17, 15) is 9.59 Å². The van der Waals surface area contributed by atoms with Gasteiger partial charge < -0.3 is 0 Å². The normalized spacial score (nSPS) is 10.2. The number of halogens is 2. The largest absolute Gasteiger partial charge is 0.274 e. The van der Waals surface area contributed by atoms with Gasteiger partial charge in [0, 0.05) is 6.07 Å². The van der Waals surface area contributed by atoms with Crippen LogP contribution in [0.25, 0.3) is 5.69 Å². The standard InChI is InChI=1S/C11H6Cl2N2O2/c12-8-6-9(16)15(14-10(8)11(13)17)7-4-2-1-3-5-7/h1-6H. The summed E-state index contributed by atoms with van der Waals surface area (Å²) in [5.74, 6) is 0. The van der Waals surface area contributed by atoms with Crippen LogP contribution < -0.4 is 5.56 Å². The number of para-hydroxylation sites is 1. The predicted molar refractivity (Wildman–Crippen MR) is 65.0 cm³/mol. The first kappa shape index (κ1) is 11.8. The predicted octanol–water partition coefficient (Wildman–Crippen LogP) is 2.26. The van der Waals surface area contributed by atoms with E-state index in [0.717, 1.165) is 10.7 Å². The van der Waals surface area contributed by atoms with Crippen LogP contribution in [0.2, 0.25) is 5.02 Å². The second kappa shape index (κ2) is 4.69. The molecule has 6 heteroatoms. The Bertz CT molecular complexity index is 623. The summed E-state index contributed by atoms with van der Waals surface area (Å²) < 4.78 is 1.07. The molecule has 0 bridgehead atoms. The molecule has 0 fully saturated rings. The van der Waals surface area contributed by atoms with Crippen molar-refractivity contribution >= 4 is 28.4 Å². The van der Waals surface area contributed by atoms with Crippen molar-refractivity contribution in [2.45, 2.75) is 0 Å². The summed E-state index contributed by atoms with van der Waals surface area (Å²) in [5.41, 5.74) is -0.0343. The Labute approximate surface area is 106 Å².